The van der Waals surface area contributed by atoms with Crippen LogP contribution in [0.2, 0.25) is 0 Å². The van der Waals surface area contributed by atoms with E-state index in [1.165, 1.54) is 12.3 Å². The Labute approximate surface area is 176 Å². The molecule has 0 atom stereocenters. The number of nitrogens with zero attached hydrogens (tertiary/aromatic N) is 5. The number of halogens is 2. The first-order valence-electron chi connectivity index (χ1n) is 9.23. The molecule has 0 spiro atoms. The van der Waals surface area contributed by atoms with Crippen LogP contribution in [-0.4, -0.2) is 35.1 Å². The molecule has 0 aromatic carbocycles. The Morgan fingerprint density at radius 3 is 2.68 bits per heavy atom. The van der Waals surface area contributed by atoms with Crippen molar-refractivity contribution in [3.05, 3.63) is 66.1 Å². The van der Waals surface area contributed by atoms with Crippen molar-refractivity contribution in [2.24, 2.45) is 0 Å². The van der Waals surface area contributed by atoms with Crippen LogP contribution in [0.3, 0.4) is 0 Å². The molecule has 0 aliphatic carbocycles. The number of imidazole rings is 1. The van der Waals surface area contributed by atoms with Gasteiger partial charge in [0, 0.05) is 35.9 Å². The van der Waals surface area contributed by atoms with Crippen LogP contribution in [-0.2, 0) is 0 Å². The van der Waals surface area contributed by atoms with Gasteiger partial charge in [-0.1, -0.05) is 6.07 Å². The summed E-state index contributed by atoms with van der Waals surface area (Å²) in [5, 5.41) is 6.92. The molecule has 0 aliphatic rings. The van der Waals surface area contributed by atoms with Crippen LogP contribution in [0.4, 0.5) is 8.78 Å². The molecule has 0 unspecified atom stereocenters. The average Bonchev–Trinajstić information content (AvgIpc) is 3.52. The Kier molecular flexibility index (Phi) is 3.87. The van der Waals surface area contributed by atoms with Gasteiger partial charge in [0.1, 0.15) is 22.7 Å². The van der Waals surface area contributed by atoms with E-state index in [1.807, 2.05) is 0 Å². The standard InChI is InChI=1S/C21H11F2N7S/c22-14-4-3-13(31-14)18-17-12(5-7-25-18)27-21(28-17)19-15-16(23)11(9-26-20(15)30-29-19)10-2-1-6-24-8-10/h1-9H,(H,27,28)(H,26,29,30). The molecule has 0 bridgehead atoms. The number of H-pyrrole nitrogens is 2. The van der Waals surface area contributed by atoms with Crippen molar-refractivity contribution in [1.82, 2.24) is 35.1 Å². The van der Waals surface area contributed by atoms with Crippen LogP contribution in [0.5, 0.6) is 0 Å². The van der Waals surface area contributed by atoms with E-state index in [0.29, 0.717) is 49.9 Å². The number of fused-ring (bicyclic) bond motifs is 2. The summed E-state index contributed by atoms with van der Waals surface area (Å²) in [5.74, 6) is -0.113. The van der Waals surface area contributed by atoms with Crippen molar-refractivity contribution < 1.29 is 8.78 Å². The van der Waals surface area contributed by atoms with E-state index < -0.39 is 5.82 Å². The lowest BCUT2D eigenvalue weighted by atomic mass is 10.1. The van der Waals surface area contributed by atoms with E-state index in [-0.39, 0.29) is 10.5 Å². The van der Waals surface area contributed by atoms with Gasteiger partial charge >= 0.3 is 0 Å². The molecule has 0 aliphatic heterocycles. The Morgan fingerprint density at radius 2 is 1.87 bits per heavy atom. The number of hydrogen-bond donors (Lipinski definition) is 2. The first-order valence-corrected chi connectivity index (χ1v) is 10.0. The van der Waals surface area contributed by atoms with Gasteiger partial charge in [0.25, 0.3) is 0 Å². The van der Waals surface area contributed by atoms with Crippen LogP contribution in [0.1, 0.15) is 0 Å². The molecule has 31 heavy (non-hydrogen) atoms. The van der Waals surface area contributed by atoms with E-state index in [1.54, 1.807) is 42.9 Å². The Morgan fingerprint density at radius 1 is 0.935 bits per heavy atom. The molecule has 0 radical (unpaired) electrons. The van der Waals surface area contributed by atoms with Crippen LogP contribution in [0.25, 0.3) is 55.3 Å². The SMILES string of the molecule is Fc1ccc(-c2nccc3[nH]c(-c4n[nH]c5ncc(-c6cccnc6)c(F)c45)nc23)s1. The van der Waals surface area contributed by atoms with Gasteiger partial charge in [0.15, 0.2) is 16.6 Å². The average molecular weight is 431 g/mol. The highest BCUT2D eigenvalue weighted by molar-refractivity contribution is 7.13. The van der Waals surface area contributed by atoms with Crippen molar-refractivity contribution in [3.63, 3.8) is 0 Å². The summed E-state index contributed by atoms with van der Waals surface area (Å²) < 4.78 is 29.0. The van der Waals surface area contributed by atoms with E-state index in [0.717, 1.165) is 11.3 Å². The third kappa shape index (κ3) is 2.80. The van der Waals surface area contributed by atoms with Gasteiger partial charge in [-0.05, 0) is 24.3 Å². The van der Waals surface area contributed by atoms with Gasteiger partial charge in [-0.25, -0.2) is 14.4 Å². The summed E-state index contributed by atoms with van der Waals surface area (Å²) in [7, 11) is 0. The molecule has 6 aromatic rings. The highest BCUT2D eigenvalue weighted by Gasteiger charge is 2.21. The third-order valence-corrected chi connectivity index (χ3v) is 5.81. The summed E-state index contributed by atoms with van der Waals surface area (Å²) in [5.41, 5.74) is 3.30. The Bertz CT molecular complexity index is 1570. The van der Waals surface area contributed by atoms with E-state index in [9.17, 15) is 4.39 Å². The number of rotatable bonds is 3. The largest absolute Gasteiger partial charge is 0.336 e. The lowest BCUT2D eigenvalue weighted by Crippen LogP contribution is -1.91. The van der Waals surface area contributed by atoms with E-state index >= 15 is 4.39 Å². The van der Waals surface area contributed by atoms with Crippen molar-refractivity contribution >= 4 is 33.4 Å². The van der Waals surface area contributed by atoms with Crippen molar-refractivity contribution in [2.45, 2.75) is 0 Å². The summed E-state index contributed by atoms with van der Waals surface area (Å²) in [6.07, 6.45) is 6.26. The summed E-state index contributed by atoms with van der Waals surface area (Å²) in [6, 6.07) is 8.29. The normalized spacial score (nSPS) is 11.5. The topological polar surface area (TPSA) is 96.0 Å². The third-order valence-electron chi connectivity index (χ3n) is 4.93. The number of pyridine rings is 3. The second kappa shape index (κ2) is 6.74. The molecule has 0 amide bonds. The number of nitrogens with one attached hydrogen (secondary N) is 2. The molecule has 2 N–H and O–H groups in total. The highest BCUT2D eigenvalue weighted by Crippen LogP contribution is 2.35. The van der Waals surface area contributed by atoms with Gasteiger partial charge in [-0.3, -0.25) is 15.1 Å². The molecule has 6 aromatic heterocycles. The first kappa shape index (κ1) is 17.8. The van der Waals surface area contributed by atoms with Gasteiger partial charge in [0.2, 0.25) is 0 Å². The first-order chi connectivity index (χ1) is 15.2. The Balaban J connectivity index is 1.56. The zero-order valence-corrected chi connectivity index (χ0v) is 16.4. The number of aromatic nitrogens is 7. The fraction of sp³-hybridized carbons (Fsp3) is 0. The Hall–Kier alpha value is -4.05. The maximum absolute atomic E-state index is 15.5. The summed E-state index contributed by atoms with van der Waals surface area (Å²) in [4.78, 5) is 21.1. The summed E-state index contributed by atoms with van der Waals surface area (Å²) in [6.45, 7) is 0. The minimum absolute atomic E-state index is 0.220. The smallest absolute Gasteiger partial charge is 0.177 e. The predicted octanol–water partition coefficient (Wildman–Crippen LogP) is 4.96. The molecule has 0 saturated carbocycles. The molecular weight excluding hydrogens is 420 g/mol. The maximum atomic E-state index is 15.5. The minimum atomic E-state index is -0.471. The number of aromatic amines is 2. The monoisotopic (exact) mass is 431 g/mol. The fourth-order valence-corrected chi connectivity index (χ4v) is 4.25. The minimum Gasteiger partial charge on any atom is -0.336 e. The number of hydrogen-bond acceptors (Lipinski definition) is 6. The molecule has 0 saturated heterocycles. The second-order valence-electron chi connectivity index (χ2n) is 6.77. The van der Waals surface area contributed by atoms with Gasteiger partial charge in [0.05, 0.1) is 15.8 Å². The van der Waals surface area contributed by atoms with E-state index in [2.05, 4.69) is 35.1 Å². The van der Waals surface area contributed by atoms with Gasteiger partial charge in [-0.15, -0.1) is 11.3 Å². The van der Waals surface area contributed by atoms with Crippen LogP contribution >= 0.6 is 11.3 Å². The molecule has 0 fully saturated rings. The quantitative estimate of drug-likeness (QED) is 0.413. The molecule has 6 rings (SSSR count). The zero-order chi connectivity index (χ0) is 20.9. The molecule has 7 nitrogen and oxygen atoms in total. The van der Waals surface area contributed by atoms with Crippen molar-refractivity contribution in [1.29, 1.82) is 0 Å². The molecule has 150 valence electrons. The highest BCUT2D eigenvalue weighted by atomic mass is 32.1. The van der Waals surface area contributed by atoms with Crippen LogP contribution in [0.15, 0.2) is 55.1 Å². The van der Waals surface area contributed by atoms with Crippen molar-refractivity contribution in [2.75, 3.05) is 0 Å². The van der Waals surface area contributed by atoms with Crippen LogP contribution < -0.4 is 0 Å². The lowest BCUT2D eigenvalue weighted by Gasteiger charge is -2.03. The maximum Gasteiger partial charge on any atom is 0.177 e. The van der Waals surface area contributed by atoms with Gasteiger partial charge in [-0.2, -0.15) is 9.49 Å². The predicted molar refractivity (Wildman–Crippen MR) is 113 cm³/mol. The molecule has 10 heteroatoms. The molecular formula is C21H11F2N7S. The molecule has 6 heterocycles. The zero-order valence-electron chi connectivity index (χ0n) is 15.6. The van der Waals surface area contributed by atoms with Crippen molar-refractivity contribution in [3.8, 4) is 33.2 Å². The number of thiophene rings is 1. The summed E-state index contributed by atoms with van der Waals surface area (Å²) >= 11 is 0.986. The van der Waals surface area contributed by atoms with Crippen LogP contribution in [0, 0.1) is 10.9 Å². The second-order valence-corrected chi connectivity index (χ2v) is 7.80. The lowest BCUT2D eigenvalue weighted by molar-refractivity contribution is 0.642. The van der Waals surface area contributed by atoms with E-state index in [4.69, 9.17) is 0 Å². The fourth-order valence-electron chi connectivity index (χ4n) is 3.52. The van der Waals surface area contributed by atoms with Gasteiger partial charge < -0.3 is 4.98 Å².